The number of rotatable bonds is 7. The Morgan fingerprint density at radius 2 is 0.675 bits per heavy atom. The molecule has 0 aliphatic carbocycles. The molecule has 8 heteroatoms. The average Bonchev–Trinajstić information content (AvgIpc) is 4.27. The van der Waals surface area contributed by atoms with E-state index in [0.717, 1.165) is 99.1 Å². The first-order valence-corrected chi connectivity index (χ1v) is 25.7. The Kier molecular flexibility index (Phi) is 9.46. The van der Waals surface area contributed by atoms with Crippen LogP contribution in [-0.2, 0) is 0 Å². The molecule has 0 radical (unpaired) electrons. The summed E-state index contributed by atoms with van der Waals surface area (Å²) >= 11 is 0. The number of benzene rings is 12. The van der Waals surface area contributed by atoms with Crippen molar-refractivity contribution >= 4 is 87.1 Å². The van der Waals surface area contributed by atoms with Crippen molar-refractivity contribution in [3.63, 3.8) is 0 Å². The molecule has 0 spiro atoms. The zero-order valence-electron chi connectivity index (χ0n) is 41.1. The van der Waals surface area contributed by atoms with E-state index in [9.17, 15) is 0 Å². The van der Waals surface area contributed by atoms with Gasteiger partial charge in [0.2, 0.25) is 11.8 Å². The molecule has 0 fully saturated rings. The van der Waals surface area contributed by atoms with Crippen LogP contribution in [-0.4, -0.2) is 29.5 Å². The average molecular weight is 985 g/mol. The van der Waals surface area contributed by atoms with Crippen molar-refractivity contribution in [1.29, 1.82) is 0 Å². The largest absolute Gasteiger partial charge is 0.436 e. The zero-order chi connectivity index (χ0) is 50.6. The van der Waals surface area contributed by atoms with E-state index in [1.54, 1.807) is 0 Å². The molecule has 0 bridgehead atoms. The fraction of sp³-hybridized carbons (Fsp3) is 0. The van der Waals surface area contributed by atoms with Gasteiger partial charge in [0.25, 0.3) is 0 Å². The molecule has 8 nitrogen and oxygen atoms in total. The second-order valence-electron chi connectivity index (χ2n) is 19.7. The molecule has 12 aromatic carbocycles. The van der Waals surface area contributed by atoms with Crippen molar-refractivity contribution in [2.45, 2.75) is 0 Å². The molecule has 4 aromatic heterocycles. The van der Waals surface area contributed by atoms with Crippen molar-refractivity contribution in [2.24, 2.45) is 0 Å². The molecule has 4 heterocycles. The van der Waals surface area contributed by atoms with Crippen LogP contribution in [0.3, 0.4) is 0 Å². The van der Waals surface area contributed by atoms with E-state index in [4.69, 9.17) is 33.8 Å². The van der Waals surface area contributed by atoms with Gasteiger partial charge in [0, 0.05) is 44.3 Å². The smallest absolute Gasteiger partial charge is 0.227 e. The maximum atomic E-state index is 6.13. The number of para-hydroxylation sites is 5. The van der Waals surface area contributed by atoms with Crippen LogP contribution >= 0.6 is 0 Å². The van der Waals surface area contributed by atoms with Gasteiger partial charge in [-0.3, -0.25) is 0 Å². The van der Waals surface area contributed by atoms with Gasteiger partial charge in [-0.05, 0) is 157 Å². The molecule has 16 aromatic rings. The van der Waals surface area contributed by atoms with Crippen LogP contribution in [0, 0.1) is 0 Å². The Labute approximate surface area is 439 Å². The van der Waals surface area contributed by atoms with Gasteiger partial charge in [-0.25, -0.2) is 24.9 Å². The summed E-state index contributed by atoms with van der Waals surface area (Å²) in [5.74, 6) is 2.92. The van der Waals surface area contributed by atoms with Crippen molar-refractivity contribution in [3.05, 3.63) is 243 Å². The second-order valence-corrected chi connectivity index (χ2v) is 19.7. The highest BCUT2D eigenvalue weighted by Crippen LogP contribution is 2.40. The first-order valence-electron chi connectivity index (χ1n) is 25.7. The lowest BCUT2D eigenvalue weighted by Gasteiger charge is -2.11. The monoisotopic (exact) mass is 984 g/mol. The fourth-order valence-electron chi connectivity index (χ4n) is 11.2. The molecule has 0 unspecified atom stereocenters. The third kappa shape index (κ3) is 7.26. The van der Waals surface area contributed by atoms with Gasteiger partial charge in [-0.2, -0.15) is 0 Å². The molecule has 0 saturated heterocycles. The highest BCUT2D eigenvalue weighted by atomic mass is 16.4. The Balaban J connectivity index is 0.789. The number of hydrogen-bond donors (Lipinski definition) is 0. The van der Waals surface area contributed by atoms with Gasteiger partial charge in [0.05, 0.1) is 11.0 Å². The standard InChI is InChI=1S/C69H40N6O2/c1-2-11-55(12-3-1)75-60-32-31-49(40-57(60)64-56-13-5-4-10-41(56)30-33-61(64)75)43-18-19-44-35-50(25-20-42(44)34-43)65-72-66(51-26-21-47-38-53(28-23-45(47)36-51)68-70-58-14-6-8-16-62(58)76-68)74-67(73-65)52-27-22-48-39-54(29-24-46(48)37-52)69-71-59-15-7-9-17-63(59)77-69/h1-40H. The molecule has 0 aliphatic rings. The second kappa shape index (κ2) is 17.0. The fourth-order valence-corrected chi connectivity index (χ4v) is 11.2. The predicted molar refractivity (Wildman–Crippen MR) is 312 cm³/mol. The summed E-state index contributed by atoms with van der Waals surface area (Å²) in [6.45, 7) is 0. The molecule has 16 rings (SSSR count). The van der Waals surface area contributed by atoms with Crippen molar-refractivity contribution in [2.75, 3.05) is 0 Å². The lowest BCUT2D eigenvalue weighted by atomic mass is 9.97. The summed E-state index contributed by atoms with van der Waals surface area (Å²) in [5, 5.41) is 11.4. The highest BCUT2D eigenvalue weighted by molar-refractivity contribution is 6.22. The van der Waals surface area contributed by atoms with Crippen LogP contribution in [0.1, 0.15) is 0 Å². The van der Waals surface area contributed by atoms with Crippen LogP contribution in [0.5, 0.6) is 0 Å². The third-order valence-corrected chi connectivity index (χ3v) is 15.0. The van der Waals surface area contributed by atoms with Gasteiger partial charge in [-0.1, -0.05) is 140 Å². The van der Waals surface area contributed by atoms with Gasteiger partial charge in [0.15, 0.2) is 28.6 Å². The minimum Gasteiger partial charge on any atom is -0.436 e. The summed E-state index contributed by atoms with van der Waals surface area (Å²) < 4.78 is 14.6. The maximum Gasteiger partial charge on any atom is 0.227 e. The predicted octanol–water partition coefficient (Wildman–Crippen LogP) is 17.9. The van der Waals surface area contributed by atoms with Gasteiger partial charge in [-0.15, -0.1) is 0 Å². The van der Waals surface area contributed by atoms with Gasteiger partial charge >= 0.3 is 0 Å². The Morgan fingerprint density at radius 3 is 1.22 bits per heavy atom. The number of oxazole rings is 2. The lowest BCUT2D eigenvalue weighted by Crippen LogP contribution is -2.00. The molecule has 0 atom stereocenters. The molecule has 0 saturated carbocycles. The zero-order valence-corrected chi connectivity index (χ0v) is 41.1. The van der Waals surface area contributed by atoms with Gasteiger partial charge in [0.1, 0.15) is 11.0 Å². The molecule has 358 valence electrons. The molecule has 0 aliphatic heterocycles. The molecular formula is C69H40N6O2. The number of aromatic nitrogens is 6. The van der Waals surface area contributed by atoms with E-state index in [-0.39, 0.29) is 0 Å². The first-order chi connectivity index (χ1) is 38.1. The van der Waals surface area contributed by atoms with Crippen LogP contribution in [0.2, 0.25) is 0 Å². The van der Waals surface area contributed by atoms with E-state index in [2.05, 4.69) is 199 Å². The normalized spacial score (nSPS) is 11.9. The molecule has 0 amide bonds. The quantitative estimate of drug-likeness (QED) is 0.157. The highest BCUT2D eigenvalue weighted by Gasteiger charge is 2.19. The third-order valence-electron chi connectivity index (χ3n) is 15.0. The summed E-state index contributed by atoms with van der Waals surface area (Å²) in [6, 6.07) is 84.8. The van der Waals surface area contributed by atoms with Crippen molar-refractivity contribution < 1.29 is 8.83 Å². The number of nitrogens with zero attached hydrogens (tertiary/aromatic N) is 6. The molecule has 77 heavy (non-hydrogen) atoms. The minimum absolute atomic E-state index is 0.577. The summed E-state index contributed by atoms with van der Waals surface area (Å²) in [4.78, 5) is 25.2. The Morgan fingerprint density at radius 1 is 0.273 bits per heavy atom. The minimum atomic E-state index is 0.577. The van der Waals surface area contributed by atoms with Gasteiger partial charge < -0.3 is 13.4 Å². The van der Waals surface area contributed by atoms with Crippen molar-refractivity contribution in [1.82, 2.24) is 29.5 Å². The Hall–Kier alpha value is -10.6. The first kappa shape index (κ1) is 42.9. The maximum absolute atomic E-state index is 6.13. The molecule has 0 N–H and O–H groups in total. The van der Waals surface area contributed by atoms with Crippen LogP contribution in [0.4, 0.5) is 0 Å². The van der Waals surface area contributed by atoms with Crippen LogP contribution < -0.4 is 0 Å². The topological polar surface area (TPSA) is 95.7 Å². The lowest BCUT2D eigenvalue weighted by molar-refractivity contribution is 0.619. The summed E-state index contributed by atoms with van der Waals surface area (Å²) in [6.07, 6.45) is 0. The Bertz CT molecular complexity index is 4830. The summed E-state index contributed by atoms with van der Waals surface area (Å²) in [5.41, 5.74) is 13.5. The van der Waals surface area contributed by atoms with E-state index >= 15 is 0 Å². The SMILES string of the molecule is c1ccc(-n2c3ccc(-c4ccc5cc(-c6nc(-c7ccc8cc(-c9nc%10ccccc%10o9)ccc8c7)nc(-c7ccc8cc(-c9nc%10ccccc%10o9)ccc8c7)n6)ccc5c4)cc3c3c4ccccc4ccc32)cc1. The number of hydrogen-bond acceptors (Lipinski definition) is 7. The number of fused-ring (bicyclic) bond motifs is 10. The van der Waals surface area contributed by atoms with E-state index in [0.29, 0.717) is 29.3 Å². The van der Waals surface area contributed by atoms with E-state index in [1.807, 2.05) is 48.5 Å². The van der Waals surface area contributed by atoms with Crippen molar-refractivity contribution in [3.8, 4) is 73.9 Å². The van der Waals surface area contributed by atoms with E-state index in [1.165, 1.54) is 32.6 Å². The van der Waals surface area contributed by atoms with Crippen LogP contribution in [0.15, 0.2) is 251 Å². The van der Waals surface area contributed by atoms with E-state index < -0.39 is 0 Å². The molecular weight excluding hydrogens is 945 g/mol. The summed E-state index contributed by atoms with van der Waals surface area (Å²) in [7, 11) is 0. The van der Waals surface area contributed by atoms with Crippen LogP contribution in [0.25, 0.3) is 161 Å².